The minimum absolute atomic E-state index is 0. The van der Waals surface area contributed by atoms with Gasteiger partial charge in [0.15, 0.2) is 0 Å². The lowest BCUT2D eigenvalue weighted by molar-refractivity contribution is -0.132. The number of nitrogen functional groups attached to an aromatic ring is 1. The molecule has 1 heterocycles. The lowest BCUT2D eigenvalue weighted by atomic mass is 10.1. The summed E-state index contributed by atoms with van der Waals surface area (Å²) >= 11 is 1.85. The molecule has 9 heteroatoms. The summed E-state index contributed by atoms with van der Waals surface area (Å²) in [5, 5.41) is 13.6. The molecule has 7 nitrogen and oxygen atoms in total. The van der Waals surface area contributed by atoms with Crippen LogP contribution in [0.2, 0.25) is 0 Å². The van der Waals surface area contributed by atoms with Crippen LogP contribution >= 0.6 is 24.2 Å². The molecular weight excluding hydrogens is 386 g/mol. The smallest absolute Gasteiger partial charge is 0.243 e. The van der Waals surface area contributed by atoms with Gasteiger partial charge >= 0.3 is 0 Å². The Bertz CT molecular complexity index is 692. The van der Waals surface area contributed by atoms with Crippen LogP contribution in [0.5, 0.6) is 0 Å². The van der Waals surface area contributed by atoms with Gasteiger partial charge in [-0.3, -0.25) is 15.0 Å². The van der Waals surface area contributed by atoms with E-state index in [0.717, 1.165) is 43.1 Å². The molecule has 1 saturated carbocycles. The number of amidine groups is 1. The molecule has 1 aliphatic carbocycles. The average Bonchev–Trinajstić information content (AvgIpc) is 3.50. The van der Waals surface area contributed by atoms with E-state index in [1.165, 1.54) is 0 Å². The third kappa shape index (κ3) is 6.04. The van der Waals surface area contributed by atoms with Gasteiger partial charge in [-0.15, -0.1) is 12.4 Å². The third-order valence-corrected chi connectivity index (χ3v) is 5.59. The molecule has 2 aliphatic rings. The van der Waals surface area contributed by atoms with E-state index in [-0.39, 0.29) is 48.6 Å². The quantitative estimate of drug-likeness (QED) is 0.399. The molecule has 5 N–H and O–H groups in total. The zero-order chi connectivity index (χ0) is 18.5. The number of thioether (sulfide) groups is 1. The predicted octanol–water partition coefficient (Wildman–Crippen LogP) is 1.27. The maximum atomic E-state index is 12.6. The molecular formula is C18H26ClN5O2S. The Hall–Kier alpha value is -1.93. The maximum absolute atomic E-state index is 12.6. The zero-order valence-corrected chi connectivity index (χ0v) is 16.7. The van der Waals surface area contributed by atoms with Gasteiger partial charge < -0.3 is 21.3 Å². The summed E-state index contributed by atoms with van der Waals surface area (Å²) in [7, 11) is 0. The van der Waals surface area contributed by atoms with Crippen LogP contribution in [0.3, 0.4) is 0 Å². The molecule has 2 fully saturated rings. The number of halogens is 1. The summed E-state index contributed by atoms with van der Waals surface area (Å²) in [6.45, 7) is 1.55. The first-order valence-electron chi connectivity index (χ1n) is 8.89. The van der Waals surface area contributed by atoms with E-state index in [9.17, 15) is 9.59 Å². The Kier molecular flexibility index (Phi) is 7.79. The number of nitrogens with one attached hydrogen (secondary N) is 3. The van der Waals surface area contributed by atoms with Crippen molar-refractivity contribution in [2.45, 2.75) is 18.9 Å². The third-order valence-electron chi connectivity index (χ3n) is 4.65. The molecule has 1 aromatic rings. The van der Waals surface area contributed by atoms with Crippen LogP contribution in [0, 0.1) is 11.3 Å². The summed E-state index contributed by atoms with van der Waals surface area (Å²) < 4.78 is 0. The van der Waals surface area contributed by atoms with Crippen molar-refractivity contribution in [1.82, 2.24) is 10.2 Å². The highest BCUT2D eigenvalue weighted by Gasteiger charge is 2.36. The number of nitrogens with zero attached hydrogens (tertiary/aromatic N) is 1. The molecule has 0 spiro atoms. The summed E-state index contributed by atoms with van der Waals surface area (Å²) in [5.41, 5.74) is 6.90. The van der Waals surface area contributed by atoms with Crippen LogP contribution in [0.25, 0.3) is 0 Å². The van der Waals surface area contributed by atoms with E-state index in [1.807, 2.05) is 22.7 Å². The highest BCUT2D eigenvalue weighted by Crippen LogP contribution is 2.34. The molecule has 148 valence electrons. The maximum Gasteiger partial charge on any atom is 0.243 e. The molecule has 2 amide bonds. The van der Waals surface area contributed by atoms with Crippen molar-refractivity contribution in [3.8, 4) is 0 Å². The van der Waals surface area contributed by atoms with Gasteiger partial charge in [0.05, 0.1) is 6.54 Å². The Morgan fingerprint density at radius 3 is 2.63 bits per heavy atom. The Morgan fingerprint density at radius 1 is 1.30 bits per heavy atom. The fraction of sp³-hybridized carbons (Fsp3) is 0.500. The molecule has 1 aliphatic heterocycles. The summed E-state index contributed by atoms with van der Waals surface area (Å²) in [5.74, 6) is 2.01. The van der Waals surface area contributed by atoms with Gasteiger partial charge in [0.25, 0.3) is 0 Å². The number of nitrogens with two attached hydrogens (primary N) is 1. The van der Waals surface area contributed by atoms with E-state index in [2.05, 4.69) is 10.6 Å². The number of hydrogen-bond acceptors (Lipinski definition) is 5. The second-order valence-corrected chi connectivity index (χ2v) is 7.89. The molecule has 1 atom stereocenters. The normalized spacial score (nSPS) is 17.4. The number of hydrogen-bond donors (Lipinski definition) is 4. The van der Waals surface area contributed by atoms with Crippen LogP contribution in [0.1, 0.15) is 18.4 Å². The number of carbonyl (C=O) groups is 2. The van der Waals surface area contributed by atoms with Gasteiger partial charge in [-0.1, -0.05) is 12.1 Å². The first-order chi connectivity index (χ1) is 12.5. The predicted molar refractivity (Wildman–Crippen MR) is 112 cm³/mol. The van der Waals surface area contributed by atoms with Crippen molar-refractivity contribution in [3.05, 3.63) is 29.8 Å². The Labute approximate surface area is 169 Å². The summed E-state index contributed by atoms with van der Waals surface area (Å²) in [6.07, 6.45) is 1.99. The lowest BCUT2D eigenvalue weighted by Gasteiger charge is -2.27. The van der Waals surface area contributed by atoms with Crippen molar-refractivity contribution >= 4 is 47.5 Å². The standard InChI is InChI=1S/C18H25N5O2S.ClH/c19-17(20)13-2-1-3-14(10-13)22-16(12-4-5-12)18(25)21-11-15(24)23-6-8-26-9-7-23;/h1-3,10,12,16,22H,4-9,11H2,(H3,19,20)(H,21,25);1H. The van der Waals surface area contributed by atoms with Gasteiger partial charge in [-0.25, -0.2) is 0 Å². The fourth-order valence-electron chi connectivity index (χ4n) is 2.98. The van der Waals surface area contributed by atoms with Gasteiger partial charge in [-0.05, 0) is 30.9 Å². The van der Waals surface area contributed by atoms with Gasteiger partial charge in [-0.2, -0.15) is 11.8 Å². The first-order valence-corrected chi connectivity index (χ1v) is 10.0. The number of carbonyl (C=O) groups excluding carboxylic acids is 2. The monoisotopic (exact) mass is 411 g/mol. The summed E-state index contributed by atoms with van der Waals surface area (Å²) in [4.78, 5) is 26.7. The molecule has 3 rings (SSSR count). The van der Waals surface area contributed by atoms with Crippen molar-refractivity contribution in [2.24, 2.45) is 11.7 Å². The number of anilines is 1. The highest BCUT2D eigenvalue weighted by molar-refractivity contribution is 7.99. The van der Waals surface area contributed by atoms with Gasteiger partial charge in [0.2, 0.25) is 11.8 Å². The molecule has 0 aromatic heterocycles. The molecule has 1 aromatic carbocycles. The molecule has 1 saturated heterocycles. The van der Waals surface area contributed by atoms with E-state index in [0.29, 0.717) is 5.56 Å². The van der Waals surface area contributed by atoms with Crippen LogP contribution < -0.4 is 16.4 Å². The first kappa shape index (κ1) is 21.4. The average molecular weight is 412 g/mol. The van der Waals surface area contributed by atoms with Gasteiger partial charge in [0.1, 0.15) is 11.9 Å². The second kappa shape index (κ2) is 9.85. The Morgan fingerprint density at radius 2 is 2.00 bits per heavy atom. The van der Waals surface area contributed by atoms with E-state index in [4.69, 9.17) is 11.1 Å². The van der Waals surface area contributed by atoms with Crippen LogP contribution in [0.15, 0.2) is 24.3 Å². The van der Waals surface area contributed by atoms with Crippen molar-refractivity contribution in [2.75, 3.05) is 36.5 Å². The Balaban J connectivity index is 0.00000261. The van der Waals surface area contributed by atoms with Crippen molar-refractivity contribution in [1.29, 1.82) is 5.41 Å². The SMILES string of the molecule is Cl.N=C(N)c1cccc(NC(C(=O)NCC(=O)N2CCSCC2)C2CC2)c1. The zero-order valence-electron chi connectivity index (χ0n) is 15.1. The lowest BCUT2D eigenvalue weighted by Crippen LogP contribution is -2.47. The largest absolute Gasteiger partial charge is 0.384 e. The minimum Gasteiger partial charge on any atom is -0.384 e. The number of benzene rings is 1. The topological polar surface area (TPSA) is 111 Å². The van der Waals surface area contributed by atoms with Crippen LogP contribution in [-0.2, 0) is 9.59 Å². The number of rotatable bonds is 7. The van der Waals surface area contributed by atoms with E-state index >= 15 is 0 Å². The number of amides is 2. The summed E-state index contributed by atoms with van der Waals surface area (Å²) in [6, 6.07) is 6.81. The molecule has 0 bridgehead atoms. The van der Waals surface area contributed by atoms with Crippen LogP contribution in [0.4, 0.5) is 5.69 Å². The molecule has 0 radical (unpaired) electrons. The molecule has 1 unspecified atom stereocenters. The molecule has 27 heavy (non-hydrogen) atoms. The van der Waals surface area contributed by atoms with Crippen LogP contribution in [-0.4, -0.2) is 59.7 Å². The fourth-order valence-corrected chi connectivity index (χ4v) is 3.88. The highest BCUT2D eigenvalue weighted by atomic mass is 35.5. The van der Waals surface area contributed by atoms with Crippen molar-refractivity contribution < 1.29 is 9.59 Å². The van der Waals surface area contributed by atoms with Gasteiger partial charge in [0, 0.05) is 35.8 Å². The second-order valence-electron chi connectivity index (χ2n) is 6.66. The van der Waals surface area contributed by atoms with E-state index in [1.54, 1.807) is 18.2 Å². The minimum atomic E-state index is -0.373. The van der Waals surface area contributed by atoms with E-state index < -0.39 is 0 Å². The van der Waals surface area contributed by atoms with Crippen molar-refractivity contribution in [3.63, 3.8) is 0 Å².